The molecule has 6 rings (SSSR count). The van der Waals surface area contributed by atoms with Crippen molar-refractivity contribution in [3.8, 4) is 17.2 Å². The second kappa shape index (κ2) is 11.1. The normalized spacial score (nSPS) is 16.4. The Bertz CT molecular complexity index is 1770. The molecule has 2 N–H and O–H groups in total. The minimum atomic E-state index is -0.968. The average molecular weight is 575 g/mol. The largest absolute Gasteiger partial charge is 0.478 e. The van der Waals surface area contributed by atoms with E-state index in [0.29, 0.717) is 10.8 Å². The lowest BCUT2D eigenvalue weighted by atomic mass is 9.96. The highest BCUT2D eigenvalue weighted by Gasteiger charge is 2.42. The Labute approximate surface area is 250 Å². The Hall–Kier alpha value is -4.95. The van der Waals surface area contributed by atoms with E-state index >= 15 is 0 Å². The van der Waals surface area contributed by atoms with E-state index in [1.165, 1.54) is 5.56 Å². The summed E-state index contributed by atoms with van der Waals surface area (Å²) in [6.45, 7) is 6.06. The summed E-state index contributed by atoms with van der Waals surface area (Å²) in [5, 5.41) is 14.0. The number of anilines is 1. The van der Waals surface area contributed by atoms with Crippen LogP contribution in [0, 0.1) is 20.8 Å². The molecule has 0 aliphatic carbocycles. The third-order valence-corrected chi connectivity index (χ3v) is 7.95. The number of nitrogens with one attached hydrogen (secondary N) is 1. The molecule has 1 aliphatic heterocycles. The van der Waals surface area contributed by atoms with E-state index < -0.39 is 5.97 Å². The summed E-state index contributed by atoms with van der Waals surface area (Å²) in [5.74, 6) is 0.528. The molecule has 5 aromatic rings. The fraction of sp³-hybridized carbons (Fsp3) is 0.147. The summed E-state index contributed by atoms with van der Waals surface area (Å²) < 4.78 is 8.08. The van der Waals surface area contributed by atoms with E-state index in [0.717, 1.165) is 39.8 Å². The van der Waals surface area contributed by atoms with Crippen LogP contribution in [0.3, 0.4) is 0 Å². The standard InChI is InChI=1S/C34H30N4O3S/c1-21-11-15-25(16-12-21)41-26-17-13-24(14-18-26)38-32(31(36-34(38)42)29-9-6-7-19-35-29)28-20-22(2)37(23(28)3)30-10-5-4-8-27(30)33(39)40/h4-20,31-32H,1-3H3,(H,36,42)(H,39,40)/t31-,32+/m0/s1. The number of carbonyl (C=O) groups is 1. The van der Waals surface area contributed by atoms with Gasteiger partial charge in [-0.05, 0) is 105 Å². The van der Waals surface area contributed by atoms with Gasteiger partial charge in [0.2, 0.25) is 0 Å². The number of aromatic nitrogens is 2. The summed E-state index contributed by atoms with van der Waals surface area (Å²) in [6.07, 6.45) is 1.78. The van der Waals surface area contributed by atoms with Gasteiger partial charge >= 0.3 is 5.97 Å². The summed E-state index contributed by atoms with van der Waals surface area (Å²) in [5.41, 5.74) is 6.69. The van der Waals surface area contributed by atoms with Gasteiger partial charge in [-0.2, -0.15) is 0 Å². The number of hydrogen-bond donors (Lipinski definition) is 2. The van der Waals surface area contributed by atoms with Crippen molar-refractivity contribution in [3.05, 3.63) is 137 Å². The second-order valence-electron chi connectivity index (χ2n) is 10.4. The SMILES string of the molecule is Cc1ccc(Oc2ccc(N3C(=S)N[C@@H](c4ccccn4)[C@H]3c3cc(C)n(-c4ccccc4C(=O)O)c3C)cc2)cc1. The minimum Gasteiger partial charge on any atom is -0.478 e. The number of benzene rings is 3. The number of carboxylic acids is 1. The van der Waals surface area contributed by atoms with Crippen LogP contribution < -0.4 is 15.0 Å². The minimum absolute atomic E-state index is 0.231. The Morgan fingerprint density at radius 1 is 0.905 bits per heavy atom. The number of carboxylic acid groups (broad SMARTS) is 1. The molecule has 0 saturated carbocycles. The van der Waals surface area contributed by atoms with Gasteiger partial charge in [0, 0.05) is 23.3 Å². The van der Waals surface area contributed by atoms with Crippen LogP contribution in [0.2, 0.25) is 0 Å². The monoisotopic (exact) mass is 574 g/mol. The summed E-state index contributed by atoms with van der Waals surface area (Å²) >= 11 is 5.93. The van der Waals surface area contributed by atoms with Crippen LogP contribution in [-0.2, 0) is 0 Å². The van der Waals surface area contributed by atoms with Gasteiger partial charge in [0.1, 0.15) is 11.5 Å². The first-order valence-corrected chi connectivity index (χ1v) is 14.1. The molecule has 0 amide bonds. The van der Waals surface area contributed by atoms with Crippen LogP contribution in [0.4, 0.5) is 5.69 Å². The zero-order chi connectivity index (χ0) is 29.4. The maximum Gasteiger partial charge on any atom is 0.337 e. The molecule has 3 aromatic carbocycles. The number of thiocarbonyl (C=S) groups is 1. The number of aromatic carboxylic acids is 1. The van der Waals surface area contributed by atoms with Gasteiger partial charge in [-0.25, -0.2) is 4.79 Å². The van der Waals surface area contributed by atoms with Crippen LogP contribution in [0.15, 0.2) is 103 Å². The lowest BCUT2D eigenvalue weighted by molar-refractivity contribution is 0.0697. The molecule has 3 heterocycles. The van der Waals surface area contributed by atoms with Crippen molar-refractivity contribution >= 4 is 29.0 Å². The highest BCUT2D eigenvalue weighted by Crippen LogP contribution is 2.44. The van der Waals surface area contributed by atoms with E-state index in [4.69, 9.17) is 17.0 Å². The number of rotatable bonds is 7. The highest BCUT2D eigenvalue weighted by atomic mass is 32.1. The van der Waals surface area contributed by atoms with Crippen LogP contribution in [0.5, 0.6) is 11.5 Å². The maximum absolute atomic E-state index is 12.1. The predicted octanol–water partition coefficient (Wildman–Crippen LogP) is 7.47. The van der Waals surface area contributed by atoms with Crippen molar-refractivity contribution in [2.45, 2.75) is 32.9 Å². The van der Waals surface area contributed by atoms with E-state index in [1.54, 1.807) is 18.3 Å². The smallest absolute Gasteiger partial charge is 0.337 e. The van der Waals surface area contributed by atoms with Gasteiger partial charge < -0.3 is 24.6 Å². The molecule has 1 fully saturated rings. The van der Waals surface area contributed by atoms with Crippen molar-refractivity contribution in [1.82, 2.24) is 14.9 Å². The molecule has 0 unspecified atom stereocenters. The number of pyridine rings is 1. The molecule has 8 heteroatoms. The molecule has 0 radical (unpaired) electrons. The third kappa shape index (κ3) is 5.01. The van der Waals surface area contributed by atoms with Crippen molar-refractivity contribution < 1.29 is 14.6 Å². The number of aryl methyl sites for hydroxylation is 2. The Kier molecular flexibility index (Phi) is 7.22. The average Bonchev–Trinajstić information content (AvgIpc) is 3.49. The van der Waals surface area contributed by atoms with Gasteiger partial charge in [-0.1, -0.05) is 35.9 Å². The van der Waals surface area contributed by atoms with E-state index in [-0.39, 0.29) is 17.6 Å². The maximum atomic E-state index is 12.1. The third-order valence-electron chi connectivity index (χ3n) is 7.63. The fourth-order valence-corrected chi connectivity index (χ4v) is 6.02. The zero-order valence-corrected chi connectivity index (χ0v) is 24.3. The lowest BCUT2D eigenvalue weighted by Gasteiger charge is -2.28. The van der Waals surface area contributed by atoms with E-state index in [1.807, 2.05) is 104 Å². The van der Waals surface area contributed by atoms with Crippen LogP contribution in [0.25, 0.3) is 5.69 Å². The molecular weight excluding hydrogens is 544 g/mol. The summed E-state index contributed by atoms with van der Waals surface area (Å²) in [6, 6.07) is 30.4. The van der Waals surface area contributed by atoms with Crippen LogP contribution in [0.1, 0.15) is 50.7 Å². The van der Waals surface area contributed by atoms with Gasteiger partial charge in [0.15, 0.2) is 5.11 Å². The molecule has 42 heavy (non-hydrogen) atoms. The predicted molar refractivity (Wildman–Crippen MR) is 168 cm³/mol. The topological polar surface area (TPSA) is 79.6 Å². The molecule has 0 bridgehead atoms. The van der Waals surface area contributed by atoms with Crippen molar-refractivity contribution in [2.75, 3.05) is 4.90 Å². The van der Waals surface area contributed by atoms with Crippen molar-refractivity contribution in [1.29, 1.82) is 0 Å². The van der Waals surface area contributed by atoms with Crippen LogP contribution in [-0.4, -0.2) is 25.7 Å². The summed E-state index contributed by atoms with van der Waals surface area (Å²) in [4.78, 5) is 18.9. The number of para-hydroxylation sites is 1. The number of hydrogen-bond acceptors (Lipinski definition) is 4. The fourth-order valence-electron chi connectivity index (χ4n) is 5.67. The second-order valence-corrected chi connectivity index (χ2v) is 10.8. The Balaban J connectivity index is 1.43. The van der Waals surface area contributed by atoms with Crippen LogP contribution >= 0.6 is 12.2 Å². The number of nitrogens with zero attached hydrogens (tertiary/aromatic N) is 3. The Morgan fingerprint density at radius 3 is 2.24 bits per heavy atom. The van der Waals surface area contributed by atoms with Gasteiger partial charge in [-0.15, -0.1) is 0 Å². The quantitative estimate of drug-likeness (QED) is 0.195. The molecule has 2 atom stereocenters. The first-order chi connectivity index (χ1) is 20.3. The van der Waals surface area contributed by atoms with E-state index in [9.17, 15) is 9.90 Å². The molecule has 1 aliphatic rings. The van der Waals surface area contributed by atoms with Crippen molar-refractivity contribution in [2.24, 2.45) is 0 Å². The molecule has 210 valence electrons. The van der Waals surface area contributed by atoms with Gasteiger partial charge in [0.25, 0.3) is 0 Å². The first kappa shape index (κ1) is 27.2. The summed E-state index contributed by atoms with van der Waals surface area (Å²) in [7, 11) is 0. The number of ether oxygens (including phenoxy) is 1. The molecule has 2 aromatic heterocycles. The highest BCUT2D eigenvalue weighted by molar-refractivity contribution is 7.80. The molecule has 7 nitrogen and oxygen atoms in total. The van der Waals surface area contributed by atoms with Gasteiger partial charge in [-0.3, -0.25) is 4.98 Å². The lowest BCUT2D eigenvalue weighted by Crippen LogP contribution is -2.29. The van der Waals surface area contributed by atoms with Crippen molar-refractivity contribution in [3.63, 3.8) is 0 Å². The molecule has 0 spiro atoms. The Morgan fingerprint density at radius 2 is 1.57 bits per heavy atom. The first-order valence-electron chi connectivity index (χ1n) is 13.7. The zero-order valence-electron chi connectivity index (χ0n) is 23.5. The van der Waals surface area contributed by atoms with Gasteiger partial charge in [0.05, 0.1) is 29.0 Å². The molecular formula is C34H30N4O3S. The van der Waals surface area contributed by atoms with E-state index in [2.05, 4.69) is 21.3 Å². The molecule has 1 saturated heterocycles.